The summed E-state index contributed by atoms with van der Waals surface area (Å²) in [4.78, 5) is 13.8. The fraction of sp³-hybridized carbons (Fsp3) is 0.682. The van der Waals surface area contributed by atoms with Crippen molar-refractivity contribution < 1.29 is 9.13 Å². The Morgan fingerprint density at radius 2 is 1.88 bits per heavy atom. The zero-order chi connectivity index (χ0) is 22.2. The van der Waals surface area contributed by atoms with Crippen LogP contribution in [0.25, 0.3) is 0 Å². The van der Waals surface area contributed by atoms with E-state index >= 15 is 0 Å². The molecule has 2 aromatic rings. The molecule has 0 aromatic carbocycles. The number of halogens is 1. The summed E-state index contributed by atoms with van der Waals surface area (Å²) >= 11 is 0. The average Bonchev–Trinajstić information content (AvgIpc) is 3.40. The number of hydrazine groups is 1. The lowest BCUT2D eigenvalue weighted by Gasteiger charge is -2.37. The number of fused-ring (bicyclic) bond motifs is 1. The minimum absolute atomic E-state index is 0.0178. The van der Waals surface area contributed by atoms with Crippen LogP contribution in [-0.4, -0.2) is 70.3 Å². The van der Waals surface area contributed by atoms with E-state index in [9.17, 15) is 4.39 Å². The monoisotopic (exact) mass is 444 g/mol. The molecule has 32 heavy (non-hydrogen) atoms. The van der Waals surface area contributed by atoms with Crippen molar-refractivity contribution in [2.75, 3.05) is 36.0 Å². The normalized spacial score (nSPS) is 30.7. The van der Waals surface area contributed by atoms with Gasteiger partial charge in [0.1, 0.15) is 18.3 Å². The number of hydrogen-bond acceptors (Lipinski definition) is 8. The summed E-state index contributed by atoms with van der Waals surface area (Å²) in [5, 5.41) is 4.28. The van der Waals surface area contributed by atoms with Crippen molar-refractivity contribution in [3.63, 3.8) is 0 Å². The van der Waals surface area contributed by atoms with Crippen LogP contribution in [0.3, 0.4) is 0 Å². The van der Waals surface area contributed by atoms with E-state index in [-0.39, 0.29) is 30.2 Å². The number of nitrogens with one attached hydrogen (secondary N) is 2. The molecule has 5 atom stereocenters. The molecule has 10 heteroatoms. The lowest BCUT2D eigenvalue weighted by atomic mass is 9.78. The molecule has 0 spiro atoms. The Kier molecular flexibility index (Phi) is 6.00. The second kappa shape index (κ2) is 8.92. The van der Waals surface area contributed by atoms with Crippen molar-refractivity contribution in [3.8, 4) is 0 Å². The number of alkyl halides is 1. The van der Waals surface area contributed by atoms with E-state index in [0.717, 1.165) is 43.4 Å². The molecule has 3 fully saturated rings. The summed E-state index contributed by atoms with van der Waals surface area (Å²) < 4.78 is 22.3. The molecule has 0 radical (unpaired) electrons. The molecule has 5 rings (SSSR count). The number of anilines is 2. The zero-order valence-electron chi connectivity index (χ0n) is 19.0. The molecule has 2 N–H and O–H groups in total. The van der Waals surface area contributed by atoms with E-state index in [1.807, 2.05) is 31.8 Å². The Labute approximate surface area is 188 Å². The highest BCUT2D eigenvalue weighted by Crippen LogP contribution is 2.40. The quantitative estimate of drug-likeness (QED) is 0.720. The summed E-state index contributed by atoms with van der Waals surface area (Å²) in [6.45, 7) is 7.55. The van der Waals surface area contributed by atoms with Gasteiger partial charge < -0.3 is 14.5 Å². The van der Waals surface area contributed by atoms with E-state index in [4.69, 9.17) is 4.74 Å². The molecule has 2 aromatic heterocycles. The maximum Gasteiger partial charge on any atom is 0.132 e. The van der Waals surface area contributed by atoms with Crippen LogP contribution in [0.15, 0.2) is 24.8 Å². The number of aromatic nitrogens is 4. The van der Waals surface area contributed by atoms with Crippen molar-refractivity contribution in [2.45, 2.75) is 57.2 Å². The summed E-state index contributed by atoms with van der Waals surface area (Å²) in [5.74, 6) is 1.18. The fourth-order valence-corrected chi connectivity index (χ4v) is 5.24. The average molecular weight is 445 g/mol. The van der Waals surface area contributed by atoms with Crippen LogP contribution in [0.5, 0.6) is 0 Å². The molecular weight excluding hydrogens is 411 g/mol. The Balaban J connectivity index is 1.26. The molecule has 2 aliphatic heterocycles. The van der Waals surface area contributed by atoms with Crippen LogP contribution in [0, 0.1) is 5.92 Å². The fourth-order valence-electron chi connectivity index (χ4n) is 5.24. The second-order valence-corrected chi connectivity index (χ2v) is 9.39. The summed E-state index contributed by atoms with van der Waals surface area (Å²) in [7, 11) is 1.94. The highest BCUT2D eigenvalue weighted by Gasteiger charge is 2.46. The molecule has 9 nitrogen and oxygen atoms in total. The number of piperazine rings is 1. The van der Waals surface area contributed by atoms with Gasteiger partial charge in [-0.15, -0.1) is 0 Å². The first-order valence-electron chi connectivity index (χ1n) is 11.6. The first-order valence-corrected chi connectivity index (χ1v) is 11.6. The lowest BCUT2D eigenvalue weighted by Crippen LogP contribution is -2.46. The maximum atomic E-state index is 14.6. The Hall–Kier alpha value is -2.30. The minimum Gasteiger partial charge on any atom is -0.373 e. The molecule has 4 heterocycles. The molecule has 174 valence electrons. The van der Waals surface area contributed by atoms with Crippen molar-refractivity contribution in [1.29, 1.82) is 0 Å². The third-order valence-corrected chi connectivity index (χ3v) is 6.86. The van der Waals surface area contributed by atoms with Gasteiger partial charge in [0.25, 0.3) is 0 Å². The van der Waals surface area contributed by atoms with Crippen molar-refractivity contribution >= 4 is 11.5 Å². The SMILES string of the molecule is CC(C)OC1CC2C(CC1F)NNC2c1cc(N2CCN(c3cnn(C)c3)CC2)ncn1. The van der Waals surface area contributed by atoms with E-state index < -0.39 is 6.17 Å². The molecule has 5 unspecified atom stereocenters. The largest absolute Gasteiger partial charge is 0.373 e. The molecule has 0 bridgehead atoms. The van der Waals surface area contributed by atoms with Gasteiger partial charge in [0.2, 0.25) is 0 Å². The third-order valence-electron chi connectivity index (χ3n) is 6.86. The number of nitrogens with zero attached hydrogens (tertiary/aromatic N) is 6. The second-order valence-electron chi connectivity index (χ2n) is 9.39. The highest BCUT2D eigenvalue weighted by atomic mass is 19.1. The van der Waals surface area contributed by atoms with Gasteiger partial charge in [0.05, 0.1) is 35.8 Å². The van der Waals surface area contributed by atoms with Gasteiger partial charge >= 0.3 is 0 Å². The van der Waals surface area contributed by atoms with E-state index in [0.29, 0.717) is 12.8 Å². The zero-order valence-corrected chi connectivity index (χ0v) is 19.0. The van der Waals surface area contributed by atoms with Crippen LogP contribution in [0.4, 0.5) is 15.9 Å². The van der Waals surface area contributed by atoms with Crippen LogP contribution < -0.4 is 20.7 Å². The Bertz CT molecular complexity index is 915. The molecule has 2 saturated heterocycles. The molecule has 1 saturated carbocycles. The number of ether oxygens (including phenoxy) is 1. The number of aryl methyl sites for hydroxylation is 1. The predicted octanol–water partition coefficient (Wildman–Crippen LogP) is 1.60. The van der Waals surface area contributed by atoms with Gasteiger partial charge in [0.15, 0.2) is 0 Å². The number of hydrogen-bond donors (Lipinski definition) is 2. The first kappa shape index (κ1) is 21.5. The van der Waals surface area contributed by atoms with Gasteiger partial charge in [-0.3, -0.25) is 10.1 Å². The van der Waals surface area contributed by atoms with Crippen LogP contribution in [-0.2, 0) is 11.8 Å². The maximum absolute atomic E-state index is 14.6. The topological polar surface area (TPSA) is 83.4 Å². The predicted molar refractivity (Wildman–Crippen MR) is 120 cm³/mol. The molecular formula is C22H33FN8O. The standard InChI is InChI=1S/C22H33FN8O/c1-14(2)32-20-8-16-18(9-17(20)23)27-28-22(16)19-10-21(25-13-24-19)31-6-4-30(5-7-31)15-11-26-29(3)12-15/h10-14,16-18,20,22,27-28H,4-9H2,1-3H3. The molecule has 3 aliphatic rings. The van der Waals surface area contributed by atoms with Gasteiger partial charge in [0, 0.05) is 57.4 Å². The van der Waals surface area contributed by atoms with Crippen molar-refractivity contribution in [1.82, 2.24) is 30.6 Å². The van der Waals surface area contributed by atoms with E-state index in [2.05, 4.69) is 48.0 Å². The summed E-state index contributed by atoms with van der Waals surface area (Å²) in [5.41, 5.74) is 8.78. The minimum atomic E-state index is -0.941. The van der Waals surface area contributed by atoms with Gasteiger partial charge in [-0.2, -0.15) is 5.10 Å². The smallest absolute Gasteiger partial charge is 0.132 e. The van der Waals surface area contributed by atoms with Crippen LogP contribution in [0.1, 0.15) is 38.4 Å². The summed E-state index contributed by atoms with van der Waals surface area (Å²) in [6.07, 6.45) is 5.47. The Morgan fingerprint density at radius 1 is 1.09 bits per heavy atom. The summed E-state index contributed by atoms with van der Waals surface area (Å²) in [6, 6.07) is 2.19. The highest BCUT2D eigenvalue weighted by molar-refractivity contribution is 5.47. The van der Waals surface area contributed by atoms with Crippen molar-refractivity contribution in [3.05, 3.63) is 30.5 Å². The number of rotatable bonds is 5. The van der Waals surface area contributed by atoms with E-state index in [1.54, 1.807) is 6.33 Å². The van der Waals surface area contributed by atoms with E-state index in [1.165, 1.54) is 0 Å². The van der Waals surface area contributed by atoms with Gasteiger partial charge in [-0.1, -0.05) is 0 Å². The third kappa shape index (κ3) is 4.31. The molecule has 0 amide bonds. The Morgan fingerprint density at radius 3 is 2.59 bits per heavy atom. The van der Waals surface area contributed by atoms with Crippen LogP contribution >= 0.6 is 0 Å². The van der Waals surface area contributed by atoms with Crippen molar-refractivity contribution in [2.24, 2.45) is 13.0 Å². The van der Waals surface area contributed by atoms with Gasteiger partial charge in [-0.05, 0) is 26.7 Å². The van der Waals surface area contributed by atoms with Gasteiger partial charge in [-0.25, -0.2) is 19.8 Å². The lowest BCUT2D eigenvalue weighted by molar-refractivity contribution is -0.0708. The van der Waals surface area contributed by atoms with Crippen LogP contribution in [0.2, 0.25) is 0 Å². The molecule has 1 aliphatic carbocycles. The first-order chi connectivity index (χ1) is 15.5.